The Morgan fingerprint density at radius 1 is 1.16 bits per heavy atom. The highest BCUT2D eigenvalue weighted by atomic mass is 15.2. The monoisotopic (exact) mass is 254 g/mol. The van der Waals surface area contributed by atoms with Crippen LogP contribution < -0.4 is 10.2 Å². The van der Waals surface area contributed by atoms with Gasteiger partial charge in [0.1, 0.15) is 0 Å². The molecule has 1 N–H and O–H groups in total. The Labute approximate surface area is 113 Å². The summed E-state index contributed by atoms with van der Waals surface area (Å²) in [6, 6.07) is 10.9. The number of rotatable bonds is 5. The fraction of sp³-hybridized carbons (Fsp3) is 0.333. The summed E-state index contributed by atoms with van der Waals surface area (Å²) in [7, 11) is 2.00. The first-order valence-electron chi connectivity index (χ1n) is 6.66. The zero-order valence-electron chi connectivity index (χ0n) is 11.1. The lowest BCUT2D eigenvalue weighted by Crippen LogP contribution is -2.17. The summed E-state index contributed by atoms with van der Waals surface area (Å²) >= 11 is 0. The molecule has 0 spiro atoms. The lowest BCUT2D eigenvalue weighted by atomic mass is 10.3. The van der Waals surface area contributed by atoms with E-state index in [0.717, 1.165) is 23.7 Å². The van der Waals surface area contributed by atoms with Crippen LogP contribution in [0.5, 0.6) is 0 Å². The molecule has 0 amide bonds. The number of nitrogens with zero attached hydrogens (tertiary/aromatic N) is 3. The Morgan fingerprint density at radius 2 is 1.95 bits per heavy atom. The second-order valence-electron chi connectivity index (χ2n) is 4.92. The number of hydrogen-bond acceptors (Lipinski definition) is 4. The standard InChI is InChI=1S/C15H18N4/c1-19(14-5-3-2-4-6-14)15-11-17-13(10-18-15)9-16-12-7-8-12/h2-6,10-12,16H,7-9H2,1H3. The molecule has 0 radical (unpaired) electrons. The lowest BCUT2D eigenvalue weighted by molar-refractivity contribution is 0.671. The Bertz CT molecular complexity index is 520. The summed E-state index contributed by atoms with van der Waals surface area (Å²) in [6.07, 6.45) is 6.27. The van der Waals surface area contributed by atoms with Crippen molar-refractivity contribution in [3.63, 3.8) is 0 Å². The van der Waals surface area contributed by atoms with Crippen molar-refractivity contribution in [2.75, 3.05) is 11.9 Å². The lowest BCUT2D eigenvalue weighted by Gasteiger charge is -2.17. The van der Waals surface area contributed by atoms with Gasteiger partial charge in [-0.2, -0.15) is 0 Å². The van der Waals surface area contributed by atoms with Crippen LogP contribution in [0.4, 0.5) is 11.5 Å². The summed E-state index contributed by atoms with van der Waals surface area (Å²) < 4.78 is 0. The van der Waals surface area contributed by atoms with Crippen LogP contribution in [0.1, 0.15) is 18.5 Å². The molecule has 0 aliphatic heterocycles. The predicted octanol–water partition coefficient (Wildman–Crippen LogP) is 2.50. The van der Waals surface area contributed by atoms with Gasteiger partial charge in [0, 0.05) is 25.3 Å². The highest BCUT2D eigenvalue weighted by molar-refractivity contribution is 5.57. The molecule has 0 unspecified atom stereocenters. The van der Waals surface area contributed by atoms with Gasteiger partial charge in [-0.3, -0.25) is 4.98 Å². The van der Waals surface area contributed by atoms with Gasteiger partial charge < -0.3 is 10.2 Å². The number of nitrogens with one attached hydrogen (secondary N) is 1. The molecule has 1 aromatic carbocycles. The van der Waals surface area contributed by atoms with Crippen molar-refractivity contribution >= 4 is 11.5 Å². The molecular formula is C15H18N4. The second kappa shape index (κ2) is 5.36. The minimum absolute atomic E-state index is 0.702. The van der Waals surface area contributed by atoms with Crippen molar-refractivity contribution in [1.29, 1.82) is 0 Å². The van der Waals surface area contributed by atoms with Gasteiger partial charge in [0.05, 0.1) is 18.1 Å². The van der Waals surface area contributed by atoms with Gasteiger partial charge in [-0.1, -0.05) is 18.2 Å². The maximum absolute atomic E-state index is 4.48. The Balaban J connectivity index is 1.67. The zero-order chi connectivity index (χ0) is 13.1. The van der Waals surface area contributed by atoms with Crippen LogP contribution in [0.2, 0.25) is 0 Å². The Morgan fingerprint density at radius 3 is 2.58 bits per heavy atom. The van der Waals surface area contributed by atoms with Crippen LogP contribution in [0.15, 0.2) is 42.7 Å². The summed E-state index contributed by atoms with van der Waals surface area (Å²) in [4.78, 5) is 11.0. The molecule has 3 rings (SSSR count). The van der Waals surface area contributed by atoms with E-state index in [0.29, 0.717) is 6.04 Å². The van der Waals surface area contributed by atoms with Gasteiger partial charge in [-0.15, -0.1) is 0 Å². The van der Waals surface area contributed by atoms with Gasteiger partial charge in [0.15, 0.2) is 5.82 Å². The molecule has 19 heavy (non-hydrogen) atoms. The van der Waals surface area contributed by atoms with Crippen LogP contribution in [-0.4, -0.2) is 23.1 Å². The average Bonchev–Trinajstić information content (AvgIpc) is 3.30. The number of hydrogen-bond donors (Lipinski definition) is 1. The molecule has 0 bridgehead atoms. The third-order valence-electron chi connectivity index (χ3n) is 3.33. The molecule has 4 heteroatoms. The van der Waals surface area contributed by atoms with Crippen LogP contribution in [0.3, 0.4) is 0 Å². The molecule has 0 saturated heterocycles. The van der Waals surface area contributed by atoms with E-state index in [1.54, 1.807) is 0 Å². The van der Waals surface area contributed by atoms with Crippen molar-refractivity contribution in [1.82, 2.24) is 15.3 Å². The van der Waals surface area contributed by atoms with Gasteiger partial charge in [0.25, 0.3) is 0 Å². The molecular weight excluding hydrogens is 236 g/mol. The molecule has 2 aromatic rings. The first-order valence-corrected chi connectivity index (χ1v) is 6.66. The zero-order valence-corrected chi connectivity index (χ0v) is 11.1. The highest BCUT2D eigenvalue weighted by Gasteiger charge is 2.20. The number of aromatic nitrogens is 2. The molecule has 98 valence electrons. The predicted molar refractivity (Wildman–Crippen MR) is 76.4 cm³/mol. The summed E-state index contributed by atoms with van der Waals surface area (Å²) in [6.45, 7) is 0.812. The van der Waals surface area contributed by atoms with E-state index in [9.17, 15) is 0 Å². The SMILES string of the molecule is CN(c1ccccc1)c1cnc(CNC2CC2)cn1. The third-order valence-corrected chi connectivity index (χ3v) is 3.33. The van der Waals surface area contributed by atoms with E-state index in [4.69, 9.17) is 0 Å². The molecule has 1 saturated carbocycles. The second-order valence-corrected chi connectivity index (χ2v) is 4.92. The molecule has 4 nitrogen and oxygen atoms in total. The first kappa shape index (κ1) is 12.1. The summed E-state index contributed by atoms with van der Waals surface area (Å²) in [5.41, 5.74) is 2.11. The minimum Gasteiger partial charge on any atom is -0.328 e. The van der Waals surface area contributed by atoms with Crippen molar-refractivity contribution in [3.05, 3.63) is 48.4 Å². The van der Waals surface area contributed by atoms with Crippen molar-refractivity contribution in [2.24, 2.45) is 0 Å². The maximum Gasteiger partial charge on any atom is 0.151 e. The first-order chi connectivity index (χ1) is 9.33. The van der Waals surface area contributed by atoms with E-state index in [1.165, 1.54) is 12.8 Å². The number of para-hydroxylation sites is 1. The van der Waals surface area contributed by atoms with Crippen molar-refractivity contribution in [2.45, 2.75) is 25.4 Å². The molecule has 1 aliphatic rings. The normalized spacial score (nSPS) is 14.4. The van der Waals surface area contributed by atoms with Crippen LogP contribution in [0.25, 0.3) is 0 Å². The summed E-state index contributed by atoms with van der Waals surface area (Å²) in [5.74, 6) is 0.862. The third kappa shape index (κ3) is 3.09. The fourth-order valence-electron chi connectivity index (χ4n) is 1.93. The largest absolute Gasteiger partial charge is 0.328 e. The van der Waals surface area contributed by atoms with Crippen LogP contribution in [-0.2, 0) is 6.54 Å². The molecule has 0 atom stereocenters. The van der Waals surface area contributed by atoms with Gasteiger partial charge >= 0.3 is 0 Å². The van der Waals surface area contributed by atoms with Gasteiger partial charge in [-0.25, -0.2) is 4.98 Å². The van der Waals surface area contributed by atoms with Crippen LogP contribution >= 0.6 is 0 Å². The van der Waals surface area contributed by atoms with Crippen molar-refractivity contribution in [3.8, 4) is 0 Å². The Hall–Kier alpha value is -1.94. The Kier molecular flexibility index (Phi) is 3.42. The van der Waals surface area contributed by atoms with E-state index < -0.39 is 0 Å². The fourth-order valence-corrected chi connectivity index (χ4v) is 1.93. The minimum atomic E-state index is 0.702. The van der Waals surface area contributed by atoms with E-state index in [-0.39, 0.29) is 0 Å². The molecule has 1 fully saturated rings. The quantitative estimate of drug-likeness (QED) is 0.890. The topological polar surface area (TPSA) is 41.1 Å². The van der Waals surface area contributed by atoms with E-state index in [2.05, 4.69) is 27.4 Å². The maximum atomic E-state index is 4.48. The molecule has 1 heterocycles. The smallest absolute Gasteiger partial charge is 0.151 e. The van der Waals surface area contributed by atoms with Gasteiger partial charge in [0.2, 0.25) is 0 Å². The summed E-state index contributed by atoms with van der Waals surface area (Å²) in [5, 5.41) is 3.44. The van der Waals surface area contributed by atoms with Gasteiger partial charge in [-0.05, 0) is 25.0 Å². The molecule has 1 aliphatic carbocycles. The van der Waals surface area contributed by atoms with Crippen LogP contribution in [0, 0.1) is 0 Å². The van der Waals surface area contributed by atoms with E-state index >= 15 is 0 Å². The van der Waals surface area contributed by atoms with Crippen molar-refractivity contribution < 1.29 is 0 Å². The number of benzene rings is 1. The van der Waals surface area contributed by atoms with E-state index in [1.807, 2.05) is 42.5 Å². The number of anilines is 2. The average molecular weight is 254 g/mol. The highest BCUT2D eigenvalue weighted by Crippen LogP contribution is 2.21. The molecule has 1 aromatic heterocycles.